The number of aryl methyl sites for hydroxylation is 1. The molecule has 122 valence electrons. The van der Waals surface area contributed by atoms with E-state index in [1.807, 2.05) is 68.4 Å². The Bertz CT molecular complexity index is 919. The number of fused-ring (bicyclic) bond motifs is 1. The van der Waals surface area contributed by atoms with E-state index in [9.17, 15) is 4.79 Å². The van der Waals surface area contributed by atoms with Gasteiger partial charge >= 0.3 is 6.03 Å². The van der Waals surface area contributed by atoms with Gasteiger partial charge in [0.05, 0.1) is 18.5 Å². The molecule has 0 radical (unpaired) electrons. The number of benzene rings is 3. The molecule has 0 saturated heterocycles. The van der Waals surface area contributed by atoms with Crippen LogP contribution in [0, 0.1) is 13.8 Å². The summed E-state index contributed by atoms with van der Waals surface area (Å²) in [4.78, 5) is 13.8. The Morgan fingerprint density at radius 3 is 2.25 bits per heavy atom. The minimum absolute atomic E-state index is 0.544. The van der Waals surface area contributed by atoms with Crippen LogP contribution >= 0.6 is 0 Å². The van der Waals surface area contributed by atoms with Crippen molar-refractivity contribution in [1.29, 1.82) is 0 Å². The average Bonchev–Trinajstić information content (AvgIpc) is 2.58. The van der Waals surface area contributed by atoms with Crippen LogP contribution in [-0.2, 0) is 0 Å². The number of urea groups is 1. The molecule has 3 rings (SSSR count). The fourth-order valence-corrected chi connectivity index (χ4v) is 2.89. The maximum Gasteiger partial charge on any atom is 0.324 e. The Hall–Kier alpha value is -3.01. The summed E-state index contributed by atoms with van der Waals surface area (Å²) in [5, 5.41) is 2.06. The lowest BCUT2D eigenvalue weighted by molar-refractivity contribution is 0.256. The van der Waals surface area contributed by atoms with Crippen LogP contribution in [0.15, 0.2) is 54.6 Å². The van der Waals surface area contributed by atoms with Crippen molar-refractivity contribution in [2.75, 3.05) is 12.0 Å². The van der Waals surface area contributed by atoms with E-state index in [0.29, 0.717) is 11.4 Å². The second-order valence-corrected chi connectivity index (χ2v) is 5.76. The molecule has 0 saturated carbocycles. The topological polar surface area (TPSA) is 55.6 Å². The van der Waals surface area contributed by atoms with Crippen LogP contribution in [-0.4, -0.2) is 13.1 Å². The zero-order valence-corrected chi connectivity index (χ0v) is 14.0. The van der Waals surface area contributed by atoms with E-state index in [4.69, 9.17) is 10.5 Å². The number of carbonyl (C=O) groups is 1. The molecule has 0 heterocycles. The number of hydrogen-bond donors (Lipinski definition) is 1. The number of amides is 2. The van der Waals surface area contributed by atoms with Gasteiger partial charge in [-0.3, -0.25) is 4.90 Å². The number of methoxy groups -OCH3 is 1. The van der Waals surface area contributed by atoms with Crippen molar-refractivity contribution in [1.82, 2.24) is 0 Å². The molecule has 3 aromatic rings. The fourth-order valence-electron chi connectivity index (χ4n) is 2.89. The smallest absolute Gasteiger partial charge is 0.324 e. The largest absolute Gasteiger partial charge is 0.495 e. The minimum Gasteiger partial charge on any atom is -0.495 e. The van der Waals surface area contributed by atoms with Crippen LogP contribution in [0.25, 0.3) is 10.8 Å². The van der Waals surface area contributed by atoms with Crippen molar-refractivity contribution < 1.29 is 9.53 Å². The minimum atomic E-state index is -0.544. The average molecular weight is 320 g/mol. The molecule has 0 fully saturated rings. The molecule has 0 spiro atoms. The van der Waals surface area contributed by atoms with Gasteiger partial charge in [0.2, 0.25) is 0 Å². The van der Waals surface area contributed by atoms with E-state index < -0.39 is 6.03 Å². The van der Waals surface area contributed by atoms with Crippen LogP contribution in [0.3, 0.4) is 0 Å². The molecule has 0 aromatic heterocycles. The number of hydrogen-bond acceptors (Lipinski definition) is 2. The van der Waals surface area contributed by atoms with Gasteiger partial charge in [-0.1, -0.05) is 36.4 Å². The maximum absolute atomic E-state index is 12.3. The number of carbonyl (C=O) groups excluding carboxylic acids is 1. The quantitative estimate of drug-likeness (QED) is 0.761. The van der Waals surface area contributed by atoms with Crippen molar-refractivity contribution in [3.63, 3.8) is 0 Å². The van der Waals surface area contributed by atoms with Crippen LogP contribution in [0.4, 0.5) is 16.2 Å². The highest BCUT2D eigenvalue weighted by Crippen LogP contribution is 2.38. The van der Waals surface area contributed by atoms with Gasteiger partial charge < -0.3 is 10.5 Å². The third kappa shape index (κ3) is 2.67. The first kappa shape index (κ1) is 15.9. The Morgan fingerprint density at radius 1 is 0.958 bits per heavy atom. The summed E-state index contributed by atoms with van der Waals surface area (Å²) in [6, 6.07) is 17.1. The molecule has 2 N–H and O–H groups in total. The number of primary amides is 1. The Kier molecular flexibility index (Phi) is 4.13. The highest BCUT2D eigenvalue weighted by atomic mass is 16.5. The molecule has 0 unspecified atom stereocenters. The predicted molar refractivity (Wildman–Crippen MR) is 98.1 cm³/mol. The summed E-state index contributed by atoms with van der Waals surface area (Å²) in [5.74, 6) is 0.605. The molecule has 24 heavy (non-hydrogen) atoms. The van der Waals surface area contributed by atoms with Crippen molar-refractivity contribution in [3.05, 3.63) is 65.7 Å². The highest BCUT2D eigenvalue weighted by molar-refractivity contribution is 6.03. The van der Waals surface area contributed by atoms with Crippen LogP contribution < -0.4 is 15.4 Å². The highest BCUT2D eigenvalue weighted by Gasteiger charge is 2.22. The van der Waals surface area contributed by atoms with Gasteiger partial charge in [0, 0.05) is 0 Å². The van der Waals surface area contributed by atoms with Gasteiger partial charge in [-0.25, -0.2) is 4.79 Å². The monoisotopic (exact) mass is 320 g/mol. The third-order valence-electron chi connectivity index (χ3n) is 4.33. The van der Waals surface area contributed by atoms with Crippen molar-refractivity contribution in [2.45, 2.75) is 13.8 Å². The normalized spacial score (nSPS) is 10.6. The number of anilines is 2. The summed E-state index contributed by atoms with van der Waals surface area (Å²) in [5.41, 5.74) is 9.22. The zero-order chi connectivity index (χ0) is 17.3. The van der Waals surface area contributed by atoms with Gasteiger partial charge in [0.25, 0.3) is 0 Å². The second-order valence-electron chi connectivity index (χ2n) is 5.76. The van der Waals surface area contributed by atoms with E-state index in [1.54, 1.807) is 7.11 Å². The first-order valence-corrected chi connectivity index (χ1v) is 7.75. The molecule has 0 atom stereocenters. The first-order valence-electron chi connectivity index (χ1n) is 7.75. The number of rotatable bonds is 3. The summed E-state index contributed by atoms with van der Waals surface area (Å²) in [7, 11) is 1.59. The second kappa shape index (κ2) is 6.24. The number of ether oxygens (including phenoxy) is 1. The summed E-state index contributed by atoms with van der Waals surface area (Å²) in [6.07, 6.45) is 0. The molecule has 0 bridgehead atoms. The first-order chi connectivity index (χ1) is 11.5. The molecule has 4 heteroatoms. The van der Waals surface area contributed by atoms with Gasteiger partial charge in [-0.2, -0.15) is 0 Å². The van der Waals surface area contributed by atoms with Gasteiger partial charge in [0.15, 0.2) is 0 Å². The van der Waals surface area contributed by atoms with E-state index in [2.05, 4.69) is 0 Å². The summed E-state index contributed by atoms with van der Waals surface area (Å²) < 4.78 is 5.53. The van der Waals surface area contributed by atoms with E-state index in [0.717, 1.165) is 27.6 Å². The zero-order valence-electron chi connectivity index (χ0n) is 14.0. The van der Waals surface area contributed by atoms with Crippen LogP contribution in [0.1, 0.15) is 11.1 Å². The molecule has 4 nitrogen and oxygen atoms in total. The maximum atomic E-state index is 12.3. The van der Waals surface area contributed by atoms with E-state index >= 15 is 0 Å². The summed E-state index contributed by atoms with van der Waals surface area (Å²) in [6.45, 7) is 3.99. The van der Waals surface area contributed by atoms with Gasteiger partial charge in [-0.05, 0) is 53.9 Å². The fraction of sp³-hybridized carbons (Fsp3) is 0.150. The Labute approximate surface area is 141 Å². The molecular weight excluding hydrogens is 300 g/mol. The van der Waals surface area contributed by atoms with Crippen molar-refractivity contribution >= 4 is 28.2 Å². The van der Waals surface area contributed by atoms with Crippen molar-refractivity contribution in [2.24, 2.45) is 5.73 Å². The summed E-state index contributed by atoms with van der Waals surface area (Å²) >= 11 is 0. The number of nitrogens with zero attached hydrogens (tertiary/aromatic N) is 1. The lowest BCUT2D eigenvalue weighted by Gasteiger charge is -2.25. The predicted octanol–water partition coefficient (Wildman–Crippen LogP) is 4.68. The Balaban J connectivity index is 2.27. The third-order valence-corrected chi connectivity index (χ3v) is 4.33. The van der Waals surface area contributed by atoms with E-state index in [-0.39, 0.29) is 0 Å². The lowest BCUT2D eigenvalue weighted by Crippen LogP contribution is -2.32. The lowest BCUT2D eigenvalue weighted by atomic mass is 10.0. The molecule has 2 amide bonds. The molecule has 3 aromatic carbocycles. The van der Waals surface area contributed by atoms with E-state index in [1.165, 1.54) is 4.90 Å². The SMILES string of the molecule is COc1cc2ccccc2cc1N(C(N)=O)c1cccc(C)c1C. The number of nitrogens with two attached hydrogens (primary N) is 1. The van der Waals surface area contributed by atoms with Crippen LogP contribution in [0.2, 0.25) is 0 Å². The van der Waals surface area contributed by atoms with Gasteiger partial charge in [-0.15, -0.1) is 0 Å². The van der Waals surface area contributed by atoms with Gasteiger partial charge in [0.1, 0.15) is 5.75 Å². The molecule has 0 aliphatic heterocycles. The molecule has 0 aliphatic rings. The molecule has 0 aliphatic carbocycles. The van der Waals surface area contributed by atoms with Crippen LogP contribution in [0.5, 0.6) is 5.75 Å². The standard InChI is InChI=1S/C20H20N2O2/c1-13-7-6-10-17(14(13)2)22(20(21)23)18-11-15-8-4-5-9-16(15)12-19(18)24-3/h4-12H,1-3H3,(H2,21,23). The van der Waals surface area contributed by atoms with Crippen molar-refractivity contribution in [3.8, 4) is 5.75 Å². The molecular formula is C20H20N2O2. The Morgan fingerprint density at radius 2 is 1.62 bits per heavy atom.